The number of nitrogens with one attached hydrogen (secondary N) is 1. The predicted molar refractivity (Wildman–Crippen MR) is 81.1 cm³/mol. The quantitative estimate of drug-likeness (QED) is 0.921. The molecule has 1 fully saturated rings. The molecule has 1 saturated heterocycles. The van der Waals surface area contributed by atoms with Crippen LogP contribution < -0.4 is 10.2 Å². The first-order valence-electron chi connectivity index (χ1n) is 7.15. The Hall–Kier alpha value is -1.94. The Kier molecular flexibility index (Phi) is 3.92. The van der Waals surface area contributed by atoms with Crippen molar-refractivity contribution in [3.8, 4) is 0 Å². The summed E-state index contributed by atoms with van der Waals surface area (Å²) in [4.78, 5) is 11.6. The van der Waals surface area contributed by atoms with Crippen molar-refractivity contribution in [1.82, 2.24) is 15.3 Å². The Labute approximate surface area is 119 Å². The second-order valence-electron chi connectivity index (χ2n) is 5.18. The van der Waals surface area contributed by atoms with Crippen molar-refractivity contribution in [3.63, 3.8) is 0 Å². The summed E-state index contributed by atoms with van der Waals surface area (Å²) in [6.45, 7) is 6.12. The molecule has 0 bridgehead atoms. The van der Waals surface area contributed by atoms with Gasteiger partial charge in [0.15, 0.2) is 0 Å². The van der Waals surface area contributed by atoms with Gasteiger partial charge in [-0.05, 0) is 12.5 Å². The third-order valence-electron chi connectivity index (χ3n) is 3.53. The zero-order chi connectivity index (χ0) is 13.8. The van der Waals surface area contributed by atoms with Crippen LogP contribution in [0.1, 0.15) is 17.1 Å². The molecule has 2 aromatic rings. The molecule has 0 amide bonds. The van der Waals surface area contributed by atoms with Gasteiger partial charge in [-0.2, -0.15) is 0 Å². The van der Waals surface area contributed by atoms with E-state index in [2.05, 4.69) is 45.5 Å². The molecule has 1 aliphatic heterocycles. The molecule has 104 valence electrons. The van der Waals surface area contributed by atoms with Crippen LogP contribution in [0.5, 0.6) is 0 Å². The van der Waals surface area contributed by atoms with Crippen LogP contribution in [0.15, 0.2) is 36.4 Å². The van der Waals surface area contributed by atoms with Crippen LogP contribution >= 0.6 is 0 Å². The molecule has 4 heteroatoms. The number of aryl methyl sites for hydroxylation is 1. The van der Waals surface area contributed by atoms with Gasteiger partial charge in [0.05, 0.1) is 0 Å². The molecule has 0 atom stereocenters. The number of nitrogens with zero attached hydrogens (tertiary/aromatic N) is 3. The van der Waals surface area contributed by atoms with Crippen LogP contribution in [0.3, 0.4) is 0 Å². The van der Waals surface area contributed by atoms with E-state index in [1.54, 1.807) is 0 Å². The average Bonchev–Trinajstić information content (AvgIpc) is 2.49. The third-order valence-corrected chi connectivity index (χ3v) is 3.53. The van der Waals surface area contributed by atoms with Crippen molar-refractivity contribution in [1.29, 1.82) is 0 Å². The monoisotopic (exact) mass is 268 g/mol. The maximum Gasteiger partial charge on any atom is 0.135 e. The summed E-state index contributed by atoms with van der Waals surface area (Å²) in [6.07, 6.45) is 0.793. The van der Waals surface area contributed by atoms with Crippen LogP contribution in [0, 0.1) is 6.92 Å². The van der Waals surface area contributed by atoms with Crippen LogP contribution in [-0.4, -0.2) is 36.1 Å². The normalized spacial score (nSPS) is 15.3. The number of anilines is 1. The van der Waals surface area contributed by atoms with E-state index in [9.17, 15) is 0 Å². The van der Waals surface area contributed by atoms with E-state index in [1.165, 1.54) is 5.56 Å². The number of rotatable bonds is 3. The summed E-state index contributed by atoms with van der Waals surface area (Å²) in [5.74, 6) is 1.97. The van der Waals surface area contributed by atoms with Gasteiger partial charge in [-0.3, -0.25) is 0 Å². The van der Waals surface area contributed by atoms with Gasteiger partial charge in [0.1, 0.15) is 11.6 Å². The van der Waals surface area contributed by atoms with Crippen molar-refractivity contribution in [2.45, 2.75) is 13.3 Å². The minimum absolute atomic E-state index is 0.793. The fourth-order valence-corrected chi connectivity index (χ4v) is 2.53. The molecule has 2 heterocycles. The molecule has 0 saturated carbocycles. The number of aromatic nitrogens is 2. The van der Waals surface area contributed by atoms with Crippen molar-refractivity contribution in [2.75, 3.05) is 31.1 Å². The highest BCUT2D eigenvalue weighted by Crippen LogP contribution is 2.15. The Bertz CT molecular complexity index is 562. The topological polar surface area (TPSA) is 41.0 Å². The standard InChI is InChI=1S/C16H20N4/c1-13-11-16(20-9-7-17-8-10-20)19-15(18-13)12-14-5-3-2-4-6-14/h2-6,11,17H,7-10,12H2,1H3. The summed E-state index contributed by atoms with van der Waals surface area (Å²) in [6, 6.07) is 12.5. The fraction of sp³-hybridized carbons (Fsp3) is 0.375. The predicted octanol–water partition coefficient (Wildman–Crippen LogP) is 1.79. The summed E-state index contributed by atoms with van der Waals surface area (Å²) in [7, 11) is 0. The summed E-state index contributed by atoms with van der Waals surface area (Å²) in [5.41, 5.74) is 2.30. The van der Waals surface area contributed by atoms with Gasteiger partial charge in [0.25, 0.3) is 0 Å². The summed E-state index contributed by atoms with van der Waals surface area (Å²) < 4.78 is 0. The SMILES string of the molecule is Cc1cc(N2CCNCC2)nc(Cc2ccccc2)n1. The fourth-order valence-electron chi connectivity index (χ4n) is 2.53. The van der Waals surface area contributed by atoms with Crippen molar-refractivity contribution in [2.24, 2.45) is 0 Å². The van der Waals surface area contributed by atoms with Gasteiger partial charge in [0.2, 0.25) is 0 Å². The summed E-state index contributed by atoms with van der Waals surface area (Å²) >= 11 is 0. The smallest absolute Gasteiger partial charge is 0.135 e. The van der Waals surface area contributed by atoms with E-state index < -0.39 is 0 Å². The van der Waals surface area contributed by atoms with Gasteiger partial charge < -0.3 is 10.2 Å². The van der Waals surface area contributed by atoms with E-state index in [0.29, 0.717) is 0 Å². The first-order valence-corrected chi connectivity index (χ1v) is 7.15. The molecule has 20 heavy (non-hydrogen) atoms. The van der Waals surface area contributed by atoms with Gasteiger partial charge in [-0.1, -0.05) is 30.3 Å². The Morgan fingerprint density at radius 1 is 1.10 bits per heavy atom. The van der Waals surface area contributed by atoms with Crippen molar-refractivity contribution >= 4 is 5.82 Å². The minimum Gasteiger partial charge on any atom is -0.354 e. The summed E-state index contributed by atoms with van der Waals surface area (Å²) in [5, 5.41) is 3.37. The molecule has 1 aliphatic rings. The van der Waals surface area contributed by atoms with Crippen molar-refractivity contribution < 1.29 is 0 Å². The second-order valence-corrected chi connectivity index (χ2v) is 5.18. The van der Waals surface area contributed by atoms with Crippen molar-refractivity contribution in [3.05, 3.63) is 53.5 Å². The molecule has 3 rings (SSSR count). The lowest BCUT2D eigenvalue weighted by Crippen LogP contribution is -2.44. The lowest BCUT2D eigenvalue weighted by Gasteiger charge is -2.28. The van der Waals surface area contributed by atoms with Gasteiger partial charge in [-0.15, -0.1) is 0 Å². The first-order chi connectivity index (χ1) is 9.81. The van der Waals surface area contributed by atoms with Gasteiger partial charge in [0, 0.05) is 44.4 Å². The zero-order valence-electron chi connectivity index (χ0n) is 11.8. The Morgan fingerprint density at radius 2 is 1.85 bits per heavy atom. The van der Waals surface area contributed by atoms with Gasteiger partial charge in [-0.25, -0.2) is 9.97 Å². The Balaban J connectivity index is 1.82. The number of hydrogen-bond donors (Lipinski definition) is 1. The van der Waals surface area contributed by atoms with E-state index in [4.69, 9.17) is 4.98 Å². The van der Waals surface area contributed by atoms with Crippen LogP contribution in [0.25, 0.3) is 0 Å². The second kappa shape index (κ2) is 6.01. The highest BCUT2D eigenvalue weighted by atomic mass is 15.2. The van der Waals surface area contributed by atoms with Gasteiger partial charge >= 0.3 is 0 Å². The van der Waals surface area contributed by atoms with E-state index >= 15 is 0 Å². The molecule has 0 aliphatic carbocycles. The molecule has 1 N–H and O–H groups in total. The number of hydrogen-bond acceptors (Lipinski definition) is 4. The third kappa shape index (κ3) is 3.14. The van der Waals surface area contributed by atoms with Crippen LogP contribution in [0.2, 0.25) is 0 Å². The molecule has 0 radical (unpaired) electrons. The van der Waals surface area contributed by atoms with E-state index in [-0.39, 0.29) is 0 Å². The number of piperazine rings is 1. The first kappa shape index (κ1) is 13.1. The lowest BCUT2D eigenvalue weighted by atomic mass is 10.1. The molecular weight excluding hydrogens is 248 g/mol. The number of benzene rings is 1. The highest BCUT2D eigenvalue weighted by molar-refractivity contribution is 5.40. The zero-order valence-corrected chi connectivity index (χ0v) is 11.8. The highest BCUT2D eigenvalue weighted by Gasteiger charge is 2.13. The van der Waals surface area contributed by atoms with E-state index in [0.717, 1.165) is 49.9 Å². The molecular formula is C16H20N4. The molecule has 0 spiro atoms. The molecule has 1 aromatic heterocycles. The Morgan fingerprint density at radius 3 is 2.60 bits per heavy atom. The maximum absolute atomic E-state index is 4.74. The minimum atomic E-state index is 0.793. The lowest BCUT2D eigenvalue weighted by molar-refractivity contribution is 0.583. The van der Waals surface area contributed by atoms with Crippen LogP contribution in [0.4, 0.5) is 5.82 Å². The largest absolute Gasteiger partial charge is 0.354 e. The van der Waals surface area contributed by atoms with E-state index in [1.807, 2.05) is 13.0 Å². The maximum atomic E-state index is 4.74. The molecule has 1 aromatic carbocycles. The van der Waals surface area contributed by atoms with Crippen LogP contribution in [-0.2, 0) is 6.42 Å². The molecule has 0 unspecified atom stereocenters. The average molecular weight is 268 g/mol. The molecule has 4 nitrogen and oxygen atoms in total.